The standard InChI is InChI=1S/C23H24O6S/c1-3-6-17-12(4-2)9-14(30-17)10-13-7-5-8-15-18(13)23(27)29-22-20(26)19(25)16(11-24)28-21(15)22/h3-9,16,19-22,24-26H,2,10-11H2,1H3/b6-3-/t16?,19-,20?,21?,22-/m1/s1. The van der Waals surface area contributed by atoms with Crippen LogP contribution in [0.15, 0.2) is 36.9 Å². The quantitative estimate of drug-likeness (QED) is 0.634. The summed E-state index contributed by atoms with van der Waals surface area (Å²) in [6.07, 6.45) is 0.960. The van der Waals surface area contributed by atoms with Gasteiger partial charge in [0.2, 0.25) is 0 Å². The van der Waals surface area contributed by atoms with Gasteiger partial charge in [-0.25, -0.2) is 4.79 Å². The number of fused-ring (bicyclic) bond motifs is 3. The second-order valence-corrected chi connectivity index (χ2v) is 8.59. The average Bonchev–Trinajstić information content (AvgIpc) is 3.13. The Balaban J connectivity index is 1.71. The van der Waals surface area contributed by atoms with Crippen LogP contribution in [0.3, 0.4) is 0 Å². The lowest BCUT2D eigenvalue weighted by molar-refractivity contribution is -0.234. The molecule has 0 saturated carbocycles. The number of benzene rings is 1. The van der Waals surface area contributed by atoms with Gasteiger partial charge in [0.25, 0.3) is 0 Å². The van der Waals surface area contributed by atoms with E-state index in [0.29, 0.717) is 17.5 Å². The average molecular weight is 429 g/mol. The molecule has 30 heavy (non-hydrogen) atoms. The number of carbonyl (C=O) groups is 1. The van der Waals surface area contributed by atoms with E-state index >= 15 is 0 Å². The Hall–Kier alpha value is -2.29. The van der Waals surface area contributed by atoms with Gasteiger partial charge in [-0.05, 0) is 35.8 Å². The predicted octanol–water partition coefficient (Wildman–Crippen LogP) is 2.71. The van der Waals surface area contributed by atoms with E-state index in [4.69, 9.17) is 9.47 Å². The summed E-state index contributed by atoms with van der Waals surface area (Å²) in [5.41, 5.74) is 2.86. The third-order valence-corrected chi connectivity index (χ3v) is 6.66. The fourth-order valence-electron chi connectivity index (χ4n) is 4.10. The Bertz CT molecular complexity index is 994. The molecule has 2 aromatic rings. The predicted molar refractivity (Wildman–Crippen MR) is 114 cm³/mol. The van der Waals surface area contributed by atoms with Gasteiger partial charge < -0.3 is 24.8 Å². The summed E-state index contributed by atoms with van der Waals surface area (Å²) in [7, 11) is 0. The van der Waals surface area contributed by atoms with Crippen molar-refractivity contribution in [2.24, 2.45) is 0 Å². The molecule has 0 spiro atoms. The van der Waals surface area contributed by atoms with E-state index in [-0.39, 0.29) is 0 Å². The van der Waals surface area contributed by atoms with Gasteiger partial charge in [0.05, 0.1) is 12.2 Å². The first-order valence-electron chi connectivity index (χ1n) is 9.81. The van der Waals surface area contributed by atoms with Crippen molar-refractivity contribution in [3.8, 4) is 0 Å². The summed E-state index contributed by atoms with van der Waals surface area (Å²) < 4.78 is 11.3. The van der Waals surface area contributed by atoms with Gasteiger partial charge in [-0.15, -0.1) is 11.3 Å². The van der Waals surface area contributed by atoms with Crippen molar-refractivity contribution in [2.45, 2.75) is 43.9 Å². The van der Waals surface area contributed by atoms with Crippen LogP contribution in [0.25, 0.3) is 12.2 Å². The van der Waals surface area contributed by atoms with Gasteiger partial charge in [-0.2, -0.15) is 0 Å². The molecule has 5 atom stereocenters. The Labute approximate surface area is 178 Å². The van der Waals surface area contributed by atoms with Gasteiger partial charge in [-0.3, -0.25) is 0 Å². The van der Waals surface area contributed by atoms with Crippen LogP contribution < -0.4 is 0 Å². The SMILES string of the molecule is C=Cc1cc(Cc2cccc3c2C(=O)O[C@H]2C3OC(CO)[C@@H](O)C2O)sc1/C=C\C. The topological polar surface area (TPSA) is 96.2 Å². The van der Waals surface area contributed by atoms with E-state index in [1.165, 1.54) is 0 Å². The molecule has 0 bridgehead atoms. The molecule has 1 aromatic heterocycles. The highest BCUT2D eigenvalue weighted by atomic mass is 32.1. The molecule has 1 saturated heterocycles. The summed E-state index contributed by atoms with van der Waals surface area (Å²) in [5, 5.41) is 30.0. The van der Waals surface area contributed by atoms with Crippen molar-refractivity contribution < 1.29 is 29.6 Å². The Morgan fingerprint density at radius 3 is 2.77 bits per heavy atom. The van der Waals surface area contributed by atoms with Crippen molar-refractivity contribution in [3.05, 3.63) is 68.9 Å². The molecule has 7 heteroatoms. The van der Waals surface area contributed by atoms with Crippen molar-refractivity contribution in [1.82, 2.24) is 0 Å². The van der Waals surface area contributed by atoms with Crippen LogP contribution >= 0.6 is 11.3 Å². The number of aliphatic hydroxyl groups is 3. The number of aliphatic hydroxyl groups excluding tert-OH is 3. The zero-order chi connectivity index (χ0) is 21.4. The van der Waals surface area contributed by atoms with E-state index in [2.05, 4.69) is 12.6 Å². The molecular formula is C23H24O6S. The summed E-state index contributed by atoms with van der Waals surface area (Å²) >= 11 is 1.64. The first-order chi connectivity index (χ1) is 14.5. The zero-order valence-electron chi connectivity index (χ0n) is 16.5. The number of hydrogen-bond acceptors (Lipinski definition) is 7. The van der Waals surface area contributed by atoms with E-state index in [1.807, 2.05) is 37.3 Å². The third kappa shape index (κ3) is 3.53. The minimum Gasteiger partial charge on any atom is -0.453 e. The highest BCUT2D eigenvalue weighted by Gasteiger charge is 2.50. The van der Waals surface area contributed by atoms with Crippen LogP contribution in [0.4, 0.5) is 0 Å². The van der Waals surface area contributed by atoms with Gasteiger partial charge in [-0.1, -0.05) is 36.9 Å². The highest BCUT2D eigenvalue weighted by molar-refractivity contribution is 7.13. The van der Waals surface area contributed by atoms with Crippen LogP contribution in [0.5, 0.6) is 0 Å². The van der Waals surface area contributed by atoms with Crippen LogP contribution in [0.1, 0.15) is 49.8 Å². The van der Waals surface area contributed by atoms with Gasteiger partial charge in [0.15, 0.2) is 6.10 Å². The fraction of sp³-hybridized carbons (Fsp3) is 0.348. The maximum atomic E-state index is 12.8. The van der Waals surface area contributed by atoms with Crippen LogP contribution in [-0.4, -0.2) is 52.3 Å². The number of ether oxygens (including phenoxy) is 2. The maximum Gasteiger partial charge on any atom is 0.339 e. The lowest BCUT2D eigenvalue weighted by Gasteiger charge is -2.44. The molecule has 0 radical (unpaired) electrons. The molecule has 3 unspecified atom stereocenters. The smallest absolute Gasteiger partial charge is 0.339 e. The van der Waals surface area contributed by atoms with E-state index in [1.54, 1.807) is 17.4 Å². The molecule has 3 N–H and O–H groups in total. The van der Waals surface area contributed by atoms with E-state index in [9.17, 15) is 20.1 Å². The van der Waals surface area contributed by atoms with Gasteiger partial charge >= 0.3 is 5.97 Å². The number of carbonyl (C=O) groups excluding carboxylic acids is 1. The monoisotopic (exact) mass is 428 g/mol. The van der Waals surface area contributed by atoms with Crippen LogP contribution in [0.2, 0.25) is 0 Å². The molecular weight excluding hydrogens is 404 g/mol. The maximum absolute atomic E-state index is 12.8. The van der Waals surface area contributed by atoms with Gasteiger partial charge in [0.1, 0.15) is 24.4 Å². The normalized spacial score (nSPS) is 28.1. The third-order valence-electron chi connectivity index (χ3n) is 5.55. The Morgan fingerprint density at radius 1 is 1.27 bits per heavy atom. The fourth-order valence-corrected chi connectivity index (χ4v) is 5.26. The molecule has 3 heterocycles. The van der Waals surface area contributed by atoms with Crippen molar-refractivity contribution >= 4 is 29.5 Å². The summed E-state index contributed by atoms with van der Waals surface area (Å²) in [4.78, 5) is 15.0. The number of esters is 1. The molecule has 2 aliphatic rings. The van der Waals surface area contributed by atoms with Crippen molar-refractivity contribution in [1.29, 1.82) is 0 Å². The molecule has 1 fully saturated rings. The highest BCUT2D eigenvalue weighted by Crippen LogP contribution is 2.41. The molecule has 2 aliphatic heterocycles. The minimum absolute atomic E-state index is 0.417. The number of thiophene rings is 1. The van der Waals surface area contributed by atoms with Crippen molar-refractivity contribution in [2.75, 3.05) is 6.61 Å². The van der Waals surface area contributed by atoms with Crippen LogP contribution in [0, 0.1) is 0 Å². The lowest BCUT2D eigenvalue weighted by atomic mass is 9.85. The first kappa shape index (κ1) is 21.0. The number of rotatable bonds is 5. The van der Waals surface area contributed by atoms with Gasteiger partial charge in [0, 0.05) is 16.2 Å². The molecule has 0 amide bonds. The molecule has 6 nitrogen and oxygen atoms in total. The minimum atomic E-state index is -1.34. The first-order valence-corrected chi connectivity index (χ1v) is 10.6. The zero-order valence-corrected chi connectivity index (χ0v) is 17.3. The molecule has 4 rings (SSSR count). The Kier molecular flexibility index (Phi) is 5.90. The molecule has 0 aliphatic carbocycles. The van der Waals surface area contributed by atoms with E-state index < -0.39 is 43.1 Å². The lowest BCUT2D eigenvalue weighted by Crippen LogP contribution is -2.58. The largest absolute Gasteiger partial charge is 0.453 e. The number of hydrogen-bond donors (Lipinski definition) is 3. The van der Waals surface area contributed by atoms with E-state index in [0.717, 1.165) is 20.9 Å². The molecule has 1 aromatic carbocycles. The summed E-state index contributed by atoms with van der Waals surface area (Å²) in [6, 6.07) is 7.54. The summed E-state index contributed by atoms with van der Waals surface area (Å²) in [6.45, 7) is 5.38. The van der Waals surface area contributed by atoms with Crippen molar-refractivity contribution in [3.63, 3.8) is 0 Å². The molecule has 158 valence electrons. The Morgan fingerprint density at radius 2 is 2.07 bits per heavy atom. The second-order valence-electron chi connectivity index (χ2n) is 7.42. The van der Waals surface area contributed by atoms with Crippen LogP contribution in [-0.2, 0) is 15.9 Å². The number of allylic oxidation sites excluding steroid dienone is 1. The summed E-state index contributed by atoms with van der Waals surface area (Å²) in [5.74, 6) is -0.548. The second kappa shape index (κ2) is 8.45.